The third kappa shape index (κ3) is 3.40. The van der Waals surface area contributed by atoms with E-state index in [0.29, 0.717) is 5.69 Å². The van der Waals surface area contributed by atoms with Gasteiger partial charge in [0.1, 0.15) is 11.3 Å². The minimum atomic E-state index is -3.67. The first-order valence-electron chi connectivity index (χ1n) is 6.02. The van der Waals surface area contributed by atoms with Crippen LogP contribution in [0.3, 0.4) is 0 Å². The van der Waals surface area contributed by atoms with Crippen LogP contribution in [0.25, 0.3) is 0 Å². The average molecular weight is 386 g/mol. The molecule has 2 rings (SSSR count). The summed E-state index contributed by atoms with van der Waals surface area (Å²) in [5.41, 5.74) is 0.216. The Labute approximate surface area is 135 Å². The first-order valence-corrected chi connectivity index (χ1v) is 8.66. The van der Waals surface area contributed by atoms with Crippen molar-refractivity contribution in [2.45, 2.75) is 0 Å². The van der Waals surface area contributed by atoms with Crippen LogP contribution in [0, 0.1) is 0 Å². The molecule has 0 radical (unpaired) electrons. The third-order valence-electron chi connectivity index (χ3n) is 2.84. The van der Waals surface area contributed by atoms with Crippen LogP contribution in [-0.4, -0.2) is 30.9 Å². The van der Waals surface area contributed by atoms with E-state index in [2.05, 4.69) is 15.9 Å². The van der Waals surface area contributed by atoms with Crippen LogP contribution in [0.5, 0.6) is 5.75 Å². The maximum absolute atomic E-state index is 12.1. The molecular formula is C14H12BrNO5S. The summed E-state index contributed by atoms with van der Waals surface area (Å²) >= 11 is 3.27. The normalized spacial score (nSPS) is 11.2. The lowest BCUT2D eigenvalue weighted by Crippen LogP contribution is -2.24. The lowest BCUT2D eigenvalue weighted by molar-refractivity contribution is 0.0694. The van der Waals surface area contributed by atoms with Gasteiger partial charge in [0.05, 0.1) is 17.6 Å². The van der Waals surface area contributed by atoms with Crippen LogP contribution in [0.15, 0.2) is 46.9 Å². The summed E-state index contributed by atoms with van der Waals surface area (Å²) in [6.45, 7) is 0. The second kappa shape index (κ2) is 5.98. The minimum Gasteiger partial charge on any atom is -0.507 e. The molecule has 0 saturated carbocycles. The Morgan fingerprint density at radius 3 is 2.09 bits per heavy atom. The van der Waals surface area contributed by atoms with Crippen molar-refractivity contribution in [2.24, 2.45) is 0 Å². The molecule has 2 aromatic rings. The van der Waals surface area contributed by atoms with E-state index in [9.17, 15) is 18.3 Å². The topological polar surface area (TPSA) is 94.9 Å². The number of carboxylic acids is 1. The Morgan fingerprint density at radius 2 is 1.64 bits per heavy atom. The molecule has 0 bridgehead atoms. The standard InChI is InChI=1S/C14H12BrNO5S/c1-22(20,21)16(10-4-2-9(15)3-5-10)11-6-7-12(14(18)19)13(17)8-11/h2-8,17H,1H3,(H,18,19). The molecule has 6 nitrogen and oxygen atoms in total. The van der Waals surface area contributed by atoms with Gasteiger partial charge in [-0.3, -0.25) is 0 Å². The number of sulfonamides is 1. The van der Waals surface area contributed by atoms with E-state index in [1.807, 2.05) is 0 Å². The Bertz CT molecular complexity index is 818. The quantitative estimate of drug-likeness (QED) is 0.843. The number of hydrogen-bond acceptors (Lipinski definition) is 4. The molecule has 0 saturated heterocycles. The Kier molecular flexibility index (Phi) is 4.43. The van der Waals surface area contributed by atoms with Crippen molar-refractivity contribution in [3.8, 4) is 5.75 Å². The minimum absolute atomic E-state index is 0.146. The number of nitrogens with zero attached hydrogens (tertiary/aromatic N) is 1. The number of anilines is 2. The number of rotatable bonds is 4. The molecule has 8 heteroatoms. The number of carbonyl (C=O) groups is 1. The number of carboxylic acid groups (broad SMARTS) is 1. The third-order valence-corrected chi connectivity index (χ3v) is 4.45. The maximum atomic E-state index is 12.1. The smallest absolute Gasteiger partial charge is 0.339 e. The van der Waals surface area contributed by atoms with Gasteiger partial charge in [0.15, 0.2) is 0 Å². The van der Waals surface area contributed by atoms with E-state index in [1.165, 1.54) is 6.07 Å². The maximum Gasteiger partial charge on any atom is 0.339 e. The van der Waals surface area contributed by atoms with Gasteiger partial charge in [-0.15, -0.1) is 0 Å². The van der Waals surface area contributed by atoms with E-state index in [-0.39, 0.29) is 11.3 Å². The fraction of sp³-hybridized carbons (Fsp3) is 0.0714. The lowest BCUT2D eigenvalue weighted by atomic mass is 10.2. The Morgan fingerprint density at radius 1 is 1.09 bits per heavy atom. The summed E-state index contributed by atoms with van der Waals surface area (Å²) in [6.07, 6.45) is 1.02. The molecule has 116 valence electrons. The highest BCUT2D eigenvalue weighted by Crippen LogP contribution is 2.32. The summed E-state index contributed by atoms with van der Waals surface area (Å²) in [5, 5.41) is 18.7. The van der Waals surface area contributed by atoms with Gasteiger partial charge in [-0.1, -0.05) is 15.9 Å². The lowest BCUT2D eigenvalue weighted by Gasteiger charge is -2.23. The predicted octanol–water partition coefficient (Wildman–Crippen LogP) is 2.95. The number of benzene rings is 2. The van der Waals surface area contributed by atoms with E-state index in [0.717, 1.165) is 27.2 Å². The highest BCUT2D eigenvalue weighted by molar-refractivity contribution is 9.10. The fourth-order valence-electron chi connectivity index (χ4n) is 1.94. The van der Waals surface area contributed by atoms with Gasteiger partial charge in [-0.05, 0) is 36.4 Å². The van der Waals surface area contributed by atoms with Gasteiger partial charge in [0, 0.05) is 10.5 Å². The number of aromatic carboxylic acids is 1. The molecule has 0 amide bonds. The summed E-state index contributed by atoms with van der Waals surface area (Å²) in [4.78, 5) is 10.9. The predicted molar refractivity (Wildman–Crippen MR) is 86.2 cm³/mol. The molecule has 0 atom stereocenters. The van der Waals surface area contributed by atoms with Gasteiger partial charge in [-0.25, -0.2) is 17.5 Å². The molecule has 2 N–H and O–H groups in total. The zero-order chi connectivity index (χ0) is 16.5. The van der Waals surface area contributed by atoms with Crippen LogP contribution in [0.1, 0.15) is 10.4 Å². The van der Waals surface area contributed by atoms with Crippen molar-refractivity contribution in [1.82, 2.24) is 0 Å². The molecule has 0 heterocycles. The van der Waals surface area contributed by atoms with Gasteiger partial charge >= 0.3 is 5.97 Å². The molecule has 0 unspecified atom stereocenters. The number of halogens is 1. The molecule has 0 aliphatic carbocycles. The number of aromatic hydroxyl groups is 1. The fourth-order valence-corrected chi connectivity index (χ4v) is 3.20. The van der Waals surface area contributed by atoms with Crippen LogP contribution in [0.2, 0.25) is 0 Å². The SMILES string of the molecule is CS(=O)(=O)N(c1ccc(Br)cc1)c1ccc(C(=O)O)c(O)c1. The Balaban J connectivity index is 2.59. The average Bonchev–Trinajstić information content (AvgIpc) is 2.39. The van der Waals surface area contributed by atoms with Gasteiger partial charge in [0.25, 0.3) is 0 Å². The first-order chi connectivity index (χ1) is 10.2. The second-order valence-electron chi connectivity index (χ2n) is 4.51. The van der Waals surface area contributed by atoms with Crippen molar-refractivity contribution in [3.63, 3.8) is 0 Å². The monoisotopic (exact) mass is 385 g/mol. The Hall–Kier alpha value is -2.06. The summed E-state index contributed by atoms with van der Waals surface area (Å²) < 4.78 is 25.9. The van der Waals surface area contributed by atoms with Crippen LogP contribution in [-0.2, 0) is 10.0 Å². The largest absolute Gasteiger partial charge is 0.507 e. The first kappa shape index (κ1) is 16.3. The zero-order valence-electron chi connectivity index (χ0n) is 11.4. The van der Waals surface area contributed by atoms with E-state index >= 15 is 0 Å². The molecule has 2 aromatic carbocycles. The van der Waals surface area contributed by atoms with Crippen LogP contribution >= 0.6 is 15.9 Å². The van der Waals surface area contributed by atoms with Gasteiger partial charge in [0.2, 0.25) is 10.0 Å². The van der Waals surface area contributed by atoms with Crippen LogP contribution in [0.4, 0.5) is 11.4 Å². The van der Waals surface area contributed by atoms with Gasteiger partial charge in [-0.2, -0.15) is 0 Å². The van der Waals surface area contributed by atoms with Gasteiger partial charge < -0.3 is 10.2 Å². The zero-order valence-corrected chi connectivity index (χ0v) is 13.8. The highest BCUT2D eigenvalue weighted by atomic mass is 79.9. The molecular weight excluding hydrogens is 374 g/mol. The van der Waals surface area contributed by atoms with E-state index in [1.54, 1.807) is 24.3 Å². The van der Waals surface area contributed by atoms with E-state index in [4.69, 9.17) is 5.11 Å². The van der Waals surface area contributed by atoms with E-state index < -0.39 is 21.7 Å². The number of phenols is 1. The van der Waals surface area contributed by atoms with Crippen LogP contribution < -0.4 is 4.31 Å². The summed E-state index contributed by atoms with van der Waals surface area (Å²) in [5.74, 6) is -1.80. The molecule has 22 heavy (non-hydrogen) atoms. The second-order valence-corrected chi connectivity index (χ2v) is 7.26. The van der Waals surface area contributed by atoms with Crippen molar-refractivity contribution >= 4 is 43.3 Å². The molecule has 0 spiro atoms. The summed E-state index contributed by atoms with van der Waals surface area (Å²) in [7, 11) is -3.67. The molecule has 0 aliphatic rings. The number of hydrogen-bond donors (Lipinski definition) is 2. The van der Waals surface area contributed by atoms with Crippen molar-refractivity contribution in [1.29, 1.82) is 0 Å². The van der Waals surface area contributed by atoms with Crippen molar-refractivity contribution < 1.29 is 23.4 Å². The molecule has 0 aromatic heterocycles. The summed E-state index contributed by atoms with van der Waals surface area (Å²) in [6, 6.07) is 10.1. The van der Waals surface area contributed by atoms with Crippen molar-refractivity contribution in [3.05, 3.63) is 52.5 Å². The molecule has 0 fully saturated rings. The highest BCUT2D eigenvalue weighted by Gasteiger charge is 2.21. The van der Waals surface area contributed by atoms with Crippen molar-refractivity contribution in [2.75, 3.05) is 10.6 Å². The molecule has 0 aliphatic heterocycles.